The summed E-state index contributed by atoms with van der Waals surface area (Å²) in [4.78, 5) is 4.38. The maximum Gasteiger partial charge on any atom is 0.103 e. The van der Waals surface area contributed by atoms with Crippen molar-refractivity contribution in [3.8, 4) is 6.07 Å². The van der Waals surface area contributed by atoms with Gasteiger partial charge in [0.2, 0.25) is 0 Å². The van der Waals surface area contributed by atoms with Gasteiger partial charge in [0.25, 0.3) is 0 Å². The molecule has 1 aliphatic carbocycles. The van der Waals surface area contributed by atoms with Crippen LogP contribution in [0.25, 0.3) is 0 Å². The Morgan fingerprint density at radius 1 is 1.29 bits per heavy atom. The smallest absolute Gasteiger partial charge is 0.103 e. The average Bonchev–Trinajstić information content (AvgIpc) is 2.47. The molecule has 0 bridgehead atoms. The molecular weight excluding hydrogens is 258 g/mol. The largest absolute Gasteiger partial charge is 0.377 e. The maximum atomic E-state index is 9.38. The highest BCUT2D eigenvalue weighted by Gasteiger charge is 2.21. The van der Waals surface area contributed by atoms with Gasteiger partial charge in [-0.3, -0.25) is 4.98 Å². The van der Waals surface area contributed by atoms with Gasteiger partial charge in [-0.15, -0.1) is 0 Å². The number of anilines is 1. The highest BCUT2D eigenvalue weighted by Crippen LogP contribution is 2.33. The molecule has 0 spiro atoms. The molecule has 3 nitrogen and oxygen atoms in total. The van der Waals surface area contributed by atoms with Crippen molar-refractivity contribution in [2.45, 2.75) is 39.2 Å². The molecule has 1 N–H and O–H groups in total. The number of nitrogens with zero attached hydrogens (tertiary/aromatic N) is 2. The molecule has 0 fully saturated rings. The van der Waals surface area contributed by atoms with Crippen molar-refractivity contribution >= 4 is 5.69 Å². The predicted molar refractivity (Wildman–Crippen MR) is 84.2 cm³/mol. The summed E-state index contributed by atoms with van der Waals surface area (Å²) in [6.45, 7) is 3.86. The summed E-state index contributed by atoms with van der Waals surface area (Å²) in [5.41, 5.74) is 6.08. The van der Waals surface area contributed by atoms with Gasteiger partial charge in [0.05, 0.1) is 23.0 Å². The third kappa shape index (κ3) is 2.62. The van der Waals surface area contributed by atoms with Crippen LogP contribution >= 0.6 is 0 Å². The van der Waals surface area contributed by atoms with Gasteiger partial charge in [0.1, 0.15) is 6.07 Å². The summed E-state index contributed by atoms with van der Waals surface area (Å²) in [6, 6.07) is 13.1. The van der Waals surface area contributed by atoms with Crippen LogP contribution in [0.1, 0.15) is 47.0 Å². The molecule has 1 aromatic heterocycles. The summed E-state index contributed by atoms with van der Waals surface area (Å²) < 4.78 is 0. The monoisotopic (exact) mass is 277 g/mol. The lowest BCUT2D eigenvalue weighted by molar-refractivity contribution is 0.600. The fourth-order valence-corrected chi connectivity index (χ4v) is 3.18. The SMILES string of the molecule is Cc1cc(NC2CCCc3ccccc32)c(C#N)c(C)n1. The lowest BCUT2D eigenvalue weighted by Gasteiger charge is -2.27. The fraction of sp³-hybridized carbons (Fsp3) is 0.333. The van der Waals surface area contributed by atoms with Crippen molar-refractivity contribution in [3.05, 3.63) is 58.4 Å². The molecule has 1 atom stereocenters. The van der Waals surface area contributed by atoms with E-state index in [1.54, 1.807) is 0 Å². The second-order valence-electron chi connectivity index (χ2n) is 5.67. The van der Waals surface area contributed by atoms with Gasteiger partial charge in [-0.05, 0) is 50.3 Å². The Morgan fingerprint density at radius 2 is 2.10 bits per heavy atom. The number of nitriles is 1. The third-order valence-electron chi connectivity index (χ3n) is 4.14. The zero-order chi connectivity index (χ0) is 14.8. The van der Waals surface area contributed by atoms with Crippen molar-refractivity contribution in [1.29, 1.82) is 5.26 Å². The van der Waals surface area contributed by atoms with Crippen LogP contribution in [0.15, 0.2) is 30.3 Å². The summed E-state index contributed by atoms with van der Waals surface area (Å²) >= 11 is 0. The van der Waals surface area contributed by atoms with Gasteiger partial charge in [-0.25, -0.2) is 0 Å². The number of hydrogen-bond donors (Lipinski definition) is 1. The van der Waals surface area contributed by atoms with Crippen LogP contribution in [0.5, 0.6) is 0 Å². The molecule has 106 valence electrons. The number of rotatable bonds is 2. The standard InChI is InChI=1S/C18H19N3/c1-12-10-18(16(11-19)13(2)20-12)21-17-9-5-7-14-6-3-4-8-15(14)17/h3-4,6,8,10,17H,5,7,9H2,1-2H3,(H,20,21). The second kappa shape index (κ2) is 5.57. The third-order valence-corrected chi connectivity index (χ3v) is 4.14. The van der Waals surface area contributed by atoms with E-state index in [4.69, 9.17) is 0 Å². The minimum absolute atomic E-state index is 0.281. The van der Waals surface area contributed by atoms with Crippen molar-refractivity contribution in [2.75, 3.05) is 5.32 Å². The van der Waals surface area contributed by atoms with E-state index in [9.17, 15) is 5.26 Å². The van der Waals surface area contributed by atoms with E-state index in [1.807, 2.05) is 19.9 Å². The zero-order valence-electron chi connectivity index (χ0n) is 12.5. The first-order chi connectivity index (χ1) is 10.2. The number of aryl methyl sites for hydroxylation is 3. The second-order valence-corrected chi connectivity index (χ2v) is 5.67. The molecule has 3 heteroatoms. The van der Waals surface area contributed by atoms with Crippen LogP contribution in [-0.4, -0.2) is 4.98 Å². The van der Waals surface area contributed by atoms with E-state index < -0.39 is 0 Å². The van der Waals surface area contributed by atoms with E-state index in [-0.39, 0.29) is 6.04 Å². The van der Waals surface area contributed by atoms with E-state index in [1.165, 1.54) is 17.5 Å². The van der Waals surface area contributed by atoms with Gasteiger partial charge < -0.3 is 5.32 Å². The summed E-state index contributed by atoms with van der Waals surface area (Å²) in [5.74, 6) is 0. The Balaban J connectivity index is 1.97. The van der Waals surface area contributed by atoms with Crippen LogP contribution in [-0.2, 0) is 6.42 Å². The number of nitrogens with one attached hydrogen (secondary N) is 1. The molecule has 21 heavy (non-hydrogen) atoms. The maximum absolute atomic E-state index is 9.38. The Hall–Kier alpha value is -2.34. The van der Waals surface area contributed by atoms with Crippen LogP contribution in [0, 0.1) is 25.2 Å². The van der Waals surface area contributed by atoms with Gasteiger partial charge in [0, 0.05) is 5.69 Å². The summed E-state index contributed by atoms with van der Waals surface area (Å²) in [5, 5.41) is 13.0. The van der Waals surface area contributed by atoms with Crippen LogP contribution in [0.4, 0.5) is 5.69 Å². The van der Waals surface area contributed by atoms with Crippen molar-refractivity contribution < 1.29 is 0 Å². The summed E-state index contributed by atoms with van der Waals surface area (Å²) in [7, 11) is 0. The summed E-state index contributed by atoms with van der Waals surface area (Å²) in [6.07, 6.45) is 3.43. The van der Waals surface area contributed by atoms with Crippen LogP contribution in [0.3, 0.4) is 0 Å². The van der Waals surface area contributed by atoms with E-state index >= 15 is 0 Å². The number of hydrogen-bond acceptors (Lipinski definition) is 3. The number of aromatic nitrogens is 1. The first-order valence-corrected chi connectivity index (χ1v) is 7.41. The van der Waals surface area contributed by atoms with Gasteiger partial charge in [-0.2, -0.15) is 5.26 Å². The van der Waals surface area contributed by atoms with Gasteiger partial charge >= 0.3 is 0 Å². The number of fused-ring (bicyclic) bond motifs is 1. The van der Waals surface area contributed by atoms with E-state index in [0.29, 0.717) is 5.56 Å². The molecule has 3 rings (SSSR count). The Kier molecular flexibility index (Phi) is 3.62. The minimum Gasteiger partial charge on any atom is -0.377 e. The molecule has 0 amide bonds. The highest BCUT2D eigenvalue weighted by molar-refractivity contribution is 5.61. The van der Waals surface area contributed by atoms with Crippen molar-refractivity contribution in [2.24, 2.45) is 0 Å². The molecule has 1 heterocycles. The number of pyridine rings is 1. The average molecular weight is 277 g/mol. The topological polar surface area (TPSA) is 48.7 Å². The van der Waals surface area contributed by atoms with Crippen LogP contribution < -0.4 is 5.32 Å². The normalized spacial score (nSPS) is 16.9. The first kappa shape index (κ1) is 13.6. The lowest BCUT2D eigenvalue weighted by atomic mass is 9.87. The Labute approximate surface area is 125 Å². The molecule has 0 saturated heterocycles. The molecule has 0 saturated carbocycles. The van der Waals surface area contributed by atoms with Gasteiger partial charge in [-0.1, -0.05) is 24.3 Å². The van der Waals surface area contributed by atoms with E-state index in [2.05, 4.69) is 40.6 Å². The molecule has 1 aliphatic rings. The predicted octanol–water partition coefficient (Wildman–Crippen LogP) is 4.06. The van der Waals surface area contributed by atoms with Crippen molar-refractivity contribution in [3.63, 3.8) is 0 Å². The Morgan fingerprint density at radius 3 is 2.90 bits per heavy atom. The molecule has 1 unspecified atom stereocenters. The molecule has 2 aromatic rings. The lowest BCUT2D eigenvalue weighted by Crippen LogP contribution is -2.18. The molecule has 1 aromatic carbocycles. The van der Waals surface area contributed by atoms with E-state index in [0.717, 1.165) is 29.9 Å². The molecule has 0 aliphatic heterocycles. The molecule has 0 radical (unpaired) electrons. The minimum atomic E-state index is 0.281. The number of benzene rings is 1. The quantitative estimate of drug-likeness (QED) is 0.900. The highest BCUT2D eigenvalue weighted by atomic mass is 14.9. The fourth-order valence-electron chi connectivity index (χ4n) is 3.18. The first-order valence-electron chi connectivity index (χ1n) is 7.41. The Bertz CT molecular complexity index is 713. The van der Waals surface area contributed by atoms with Crippen LogP contribution in [0.2, 0.25) is 0 Å². The zero-order valence-corrected chi connectivity index (χ0v) is 12.5. The van der Waals surface area contributed by atoms with Gasteiger partial charge in [0.15, 0.2) is 0 Å². The molecular formula is C18H19N3. The van der Waals surface area contributed by atoms with Crippen molar-refractivity contribution in [1.82, 2.24) is 4.98 Å².